The summed E-state index contributed by atoms with van der Waals surface area (Å²) < 4.78 is 3.18. The highest BCUT2D eigenvalue weighted by atomic mass is 32.1. The Kier molecular flexibility index (Phi) is 5.45. The van der Waals surface area contributed by atoms with Gasteiger partial charge in [-0.2, -0.15) is 0 Å². The van der Waals surface area contributed by atoms with Crippen LogP contribution in [0.5, 0.6) is 0 Å². The molecule has 0 aliphatic rings. The number of carbonyl (C=O) groups is 1. The van der Waals surface area contributed by atoms with Crippen LogP contribution >= 0.6 is 11.3 Å². The lowest BCUT2D eigenvalue weighted by molar-refractivity contribution is 0.0986. The summed E-state index contributed by atoms with van der Waals surface area (Å²) in [5, 5.41) is 0.759. The molecule has 2 aromatic carbocycles. The van der Waals surface area contributed by atoms with E-state index in [1.54, 1.807) is 23.9 Å². The number of aryl methyl sites for hydroxylation is 4. The first-order valence-electron chi connectivity index (χ1n) is 9.74. The number of amides is 1. The fourth-order valence-corrected chi connectivity index (χ4v) is 4.55. The van der Waals surface area contributed by atoms with E-state index in [4.69, 9.17) is 4.98 Å². The molecule has 0 radical (unpaired) electrons. The van der Waals surface area contributed by atoms with E-state index in [1.165, 1.54) is 5.56 Å². The van der Waals surface area contributed by atoms with Gasteiger partial charge in [0.15, 0.2) is 5.13 Å². The summed E-state index contributed by atoms with van der Waals surface area (Å²) in [4.78, 5) is 24.2. The second-order valence-electron chi connectivity index (χ2n) is 7.35. The number of hydrogen-bond donors (Lipinski definition) is 0. The number of imidazole rings is 1. The number of hydrogen-bond acceptors (Lipinski definition) is 4. The minimum Gasteiger partial charge on any atom is -0.337 e. The summed E-state index contributed by atoms with van der Waals surface area (Å²) in [6, 6.07) is 12.0. The van der Waals surface area contributed by atoms with Crippen molar-refractivity contribution in [1.82, 2.24) is 14.5 Å². The lowest BCUT2D eigenvalue weighted by Gasteiger charge is -2.20. The Morgan fingerprint density at radius 1 is 1.14 bits per heavy atom. The van der Waals surface area contributed by atoms with Crippen molar-refractivity contribution < 1.29 is 4.79 Å². The Labute approximate surface area is 174 Å². The van der Waals surface area contributed by atoms with Crippen LogP contribution in [0.25, 0.3) is 10.2 Å². The van der Waals surface area contributed by atoms with Crippen molar-refractivity contribution in [1.29, 1.82) is 0 Å². The smallest absolute Gasteiger partial charge is 0.260 e. The number of fused-ring (bicyclic) bond motifs is 1. The standard InChI is InChI=1S/C23H24N4OS/c1-16-6-4-7-19(14-16)22(28)27(12-5-11-26-13-10-24-15-26)23-25-20-17(2)8-9-18(3)21(20)29-23/h4,6-10,13-15H,5,11-12H2,1-3H3. The van der Waals surface area contributed by atoms with E-state index in [9.17, 15) is 4.79 Å². The molecule has 0 fully saturated rings. The molecule has 0 saturated heterocycles. The van der Waals surface area contributed by atoms with Gasteiger partial charge in [0.2, 0.25) is 0 Å². The average molecular weight is 405 g/mol. The third kappa shape index (κ3) is 4.07. The van der Waals surface area contributed by atoms with E-state index in [0.717, 1.165) is 39.4 Å². The maximum absolute atomic E-state index is 13.4. The third-order valence-corrected chi connectivity index (χ3v) is 6.24. The van der Waals surface area contributed by atoms with E-state index < -0.39 is 0 Å². The van der Waals surface area contributed by atoms with Crippen molar-refractivity contribution in [3.63, 3.8) is 0 Å². The molecule has 2 aromatic heterocycles. The van der Waals surface area contributed by atoms with E-state index in [-0.39, 0.29) is 5.91 Å². The van der Waals surface area contributed by atoms with Crippen LogP contribution in [0.15, 0.2) is 55.1 Å². The molecule has 0 spiro atoms. The Morgan fingerprint density at radius 2 is 1.97 bits per heavy atom. The van der Waals surface area contributed by atoms with Crippen LogP contribution in [0.2, 0.25) is 0 Å². The maximum atomic E-state index is 13.4. The summed E-state index contributed by atoms with van der Waals surface area (Å²) in [6.45, 7) is 7.57. The summed E-state index contributed by atoms with van der Waals surface area (Å²) in [6.07, 6.45) is 6.34. The summed E-state index contributed by atoms with van der Waals surface area (Å²) >= 11 is 1.60. The minimum atomic E-state index is -0.00584. The highest BCUT2D eigenvalue weighted by molar-refractivity contribution is 7.22. The SMILES string of the molecule is Cc1cccc(C(=O)N(CCCn2ccnc2)c2nc3c(C)ccc(C)c3s2)c1. The molecule has 0 aliphatic carbocycles. The number of rotatable bonds is 6. The lowest BCUT2D eigenvalue weighted by atomic mass is 10.1. The fraction of sp³-hybridized carbons (Fsp3) is 0.261. The predicted octanol–water partition coefficient (Wildman–Crippen LogP) is 5.16. The van der Waals surface area contributed by atoms with Gasteiger partial charge < -0.3 is 4.57 Å². The van der Waals surface area contributed by atoms with Crippen molar-refractivity contribution >= 4 is 32.6 Å². The number of thiazole rings is 1. The van der Waals surface area contributed by atoms with Gasteiger partial charge in [-0.05, 0) is 50.5 Å². The topological polar surface area (TPSA) is 51.0 Å². The van der Waals surface area contributed by atoms with Crippen LogP contribution in [0.1, 0.15) is 33.5 Å². The number of carbonyl (C=O) groups excluding carboxylic acids is 1. The Hall–Kier alpha value is -2.99. The van der Waals surface area contributed by atoms with Crippen molar-refractivity contribution in [3.05, 3.63) is 77.4 Å². The molecule has 1 amide bonds. The molecule has 0 aliphatic heterocycles. The van der Waals surface area contributed by atoms with Crippen LogP contribution < -0.4 is 4.90 Å². The molecular weight excluding hydrogens is 380 g/mol. The second-order valence-corrected chi connectivity index (χ2v) is 8.33. The average Bonchev–Trinajstić information content (AvgIpc) is 3.38. The third-order valence-electron chi connectivity index (χ3n) is 5.03. The number of aromatic nitrogens is 3. The molecule has 4 aromatic rings. The van der Waals surface area contributed by atoms with E-state index in [0.29, 0.717) is 12.1 Å². The van der Waals surface area contributed by atoms with Gasteiger partial charge in [0.05, 0.1) is 16.5 Å². The first kappa shape index (κ1) is 19.3. The van der Waals surface area contributed by atoms with Crippen molar-refractivity contribution in [3.8, 4) is 0 Å². The highest BCUT2D eigenvalue weighted by Gasteiger charge is 2.22. The Bertz CT molecular complexity index is 1110. The first-order chi connectivity index (χ1) is 14.0. The molecule has 0 bridgehead atoms. The van der Waals surface area contributed by atoms with Gasteiger partial charge in [0, 0.05) is 31.0 Å². The van der Waals surface area contributed by atoms with Gasteiger partial charge in [0.25, 0.3) is 5.91 Å². The number of anilines is 1. The van der Waals surface area contributed by atoms with Gasteiger partial charge in [-0.3, -0.25) is 9.69 Å². The zero-order valence-electron chi connectivity index (χ0n) is 16.9. The zero-order chi connectivity index (χ0) is 20.4. The molecule has 6 heteroatoms. The predicted molar refractivity (Wildman–Crippen MR) is 119 cm³/mol. The molecule has 148 valence electrons. The zero-order valence-corrected chi connectivity index (χ0v) is 17.7. The van der Waals surface area contributed by atoms with Gasteiger partial charge >= 0.3 is 0 Å². The molecule has 0 saturated carbocycles. The van der Waals surface area contributed by atoms with Crippen LogP contribution in [-0.2, 0) is 6.54 Å². The Morgan fingerprint density at radius 3 is 2.69 bits per heavy atom. The molecule has 0 unspecified atom stereocenters. The van der Waals surface area contributed by atoms with Crippen molar-refractivity contribution in [2.45, 2.75) is 33.7 Å². The monoisotopic (exact) mass is 404 g/mol. The summed E-state index contributed by atoms with van der Waals surface area (Å²) in [5.74, 6) is -0.00584. The van der Waals surface area contributed by atoms with Gasteiger partial charge in [-0.15, -0.1) is 0 Å². The van der Waals surface area contributed by atoms with E-state index >= 15 is 0 Å². The fourth-order valence-electron chi connectivity index (χ4n) is 3.41. The molecule has 0 atom stereocenters. The summed E-state index contributed by atoms with van der Waals surface area (Å²) in [5.41, 5.74) is 5.08. The maximum Gasteiger partial charge on any atom is 0.260 e. The Balaban J connectivity index is 1.68. The quantitative estimate of drug-likeness (QED) is 0.446. The normalized spacial score (nSPS) is 11.1. The van der Waals surface area contributed by atoms with Crippen LogP contribution in [0.3, 0.4) is 0 Å². The number of benzene rings is 2. The minimum absolute atomic E-state index is 0.00584. The van der Waals surface area contributed by atoms with Gasteiger partial charge in [0.1, 0.15) is 0 Å². The van der Waals surface area contributed by atoms with Crippen LogP contribution in [0, 0.1) is 20.8 Å². The molecule has 29 heavy (non-hydrogen) atoms. The molecule has 5 nitrogen and oxygen atoms in total. The van der Waals surface area contributed by atoms with Gasteiger partial charge in [-0.1, -0.05) is 41.2 Å². The van der Waals surface area contributed by atoms with Crippen molar-refractivity contribution in [2.75, 3.05) is 11.4 Å². The first-order valence-corrected chi connectivity index (χ1v) is 10.6. The van der Waals surface area contributed by atoms with E-state index in [1.807, 2.05) is 46.9 Å². The van der Waals surface area contributed by atoms with E-state index in [2.05, 4.69) is 31.0 Å². The highest BCUT2D eigenvalue weighted by Crippen LogP contribution is 2.33. The number of nitrogens with zero attached hydrogens (tertiary/aromatic N) is 4. The van der Waals surface area contributed by atoms with Crippen LogP contribution in [0.4, 0.5) is 5.13 Å². The molecule has 0 N–H and O–H groups in total. The van der Waals surface area contributed by atoms with Crippen molar-refractivity contribution in [2.24, 2.45) is 0 Å². The van der Waals surface area contributed by atoms with Crippen LogP contribution in [-0.4, -0.2) is 27.0 Å². The summed E-state index contributed by atoms with van der Waals surface area (Å²) in [7, 11) is 0. The molecular formula is C23H24N4OS. The van der Waals surface area contributed by atoms with Gasteiger partial charge in [-0.25, -0.2) is 9.97 Å². The second kappa shape index (κ2) is 8.17. The largest absolute Gasteiger partial charge is 0.337 e. The molecule has 2 heterocycles. The lowest BCUT2D eigenvalue weighted by Crippen LogP contribution is -2.32. The molecule has 4 rings (SSSR count).